The van der Waals surface area contributed by atoms with Gasteiger partial charge in [0.25, 0.3) is 5.91 Å². The molecule has 3 aromatic rings. The molecule has 0 aliphatic heterocycles. The monoisotopic (exact) mass is 389 g/mol. The third-order valence-electron chi connectivity index (χ3n) is 3.58. The molecule has 0 aliphatic carbocycles. The van der Waals surface area contributed by atoms with Crippen LogP contribution in [0.3, 0.4) is 0 Å². The van der Waals surface area contributed by atoms with Crippen molar-refractivity contribution in [3.05, 3.63) is 70.2 Å². The SMILES string of the molecule is O=C(NNC(=O)c1cc2ccccc2cc1O)Nc1ccc(Cl)c(Cl)c1. The quantitative estimate of drug-likeness (QED) is 0.492. The molecule has 0 bridgehead atoms. The highest BCUT2D eigenvalue weighted by atomic mass is 35.5. The minimum atomic E-state index is -0.683. The highest BCUT2D eigenvalue weighted by molar-refractivity contribution is 6.42. The number of rotatable bonds is 2. The van der Waals surface area contributed by atoms with Gasteiger partial charge in [-0.05, 0) is 41.1 Å². The number of anilines is 1. The van der Waals surface area contributed by atoms with Crippen molar-refractivity contribution in [1.82, 2.24) is 10.9 Å². The predicted octanol–water partition coefficient (Wildman–Crippen LogP) is 4.32. The predicted molar refractivity (Wildman–Crippen MR) is 102 cm³/mol. The molecule has 8 heteroatoms. The number of phenols is 1. The Balaban J connectivity index is 1.65. The summed E-state index contributed by atoms with van der Waals surface area (Å²) in [4.78, 5) is 24.1. The van der Waals surface area contributed by atoms with E-state index >= 15 is 0 Å². The average Bonchev–Trinajstić information content (AvgIpc) is 2.62. The lowest BCUT2D eigenvalue weighted by Gasteiger charge is -2.11. The summed E-state index contributed by atoms with van der Waals surface area (Å²) in [5.41, 5.74) is 4.88. The summed E-state index contributed by atoms with van der Waals surface area (Å²) in [5, 5.41) is 14.7. The van der Waals surface area contributed by atoms with Crippen molar-refractivity contribution >= 4 is 51.6 Å². The molecule has 0 unspecified atom stereocenters. The van der Waals surface area contributed by atoms with Gasteiger partial charge in [0.15, 0.2) is 0 Å². The second-order valence-electron chi connectivity index (χ2n) is 5.38. The number of carbonyl (C=O) groups is 2. The molecule has 4 N–H and O–H groups in total. The van der Waals surface area contributed by atoms with Crippen molar-refractivity contribution in [2.24, 2.45) is 0 Å². The molecule has 3 aromatic carbocycles. The number of benzene rings is 3. The number of nitrogens with one attached hydrogen (secondary N) is 3. The van der Waals surface area contributed by atoms with E-state index in [4.69, 9.17) is 23.2 Å². The summed E-state index contributed by atoms with van der Waals surface area (Å²) >= 11 is 11.7. The van der Waals surface area contributed by atoms with E-state index in [-0.39, 0.29) is 16.3 Å². The van der Waals surface area contributed by atoms with Gasteiger partial charge in [-0.1, -0.05) is 47.5 Å². The summed E-state index contributed by atoms with van der Waals surface area (Å²) in [6.07, 6.45) is 0. The van der Waals surface area contributed by atoms with Crippen LogP contribution in [0.1, 0.15) is 10.4 Å². The van der Waals surface area contributed by atoms with Crippen molar-refractivity contribution in [3.63, 3.8) is 0 Å². The van der Waals surface area contributed by atoms with Crippen LogP contribution >= 0.6 is 23.2 Å². The van der Waals surface area contributed by atoms with Gasteiger partial charge in [0.2, 0.25) is 0 Å². The van der Waals surface area contributed by atoms with Gasteiger partial charge in [-0.15, -0.1) is 0 Å². The summed E-state index contributed by atoms with van der Waals surface area (Å²) in [7, 11) is 0. The summed E-state index contributed by atoms with van der Waals surface area (Å²) in [6.45, 7) is 0. The standard InChI is InChI=1S/C18H13Cl2N3O3/c19-14-6-5-12(9-15(14)20)21-18(26)23-22-17(25)13-7-10-3-1-2-4-11(10)8-16(13)24/h1-9,24H,(H,22,25)(H2,21,23,26). The van der Waals surface area contributed by atoms with Gasteiger partial charge in [0, 0.05) is 5.69 Å². The van der Waals surface area contributed by atoms with Crippen molar-refractivity contribution in [2.75, 3.05) is 5.32 Å². The van der Waals surface area contributed by atoms with Gasteiger partial charge >= 0.3 is 6.03 Å². The number of fused-ring (bicyclic) bond motifs is 1. The number of aromatic hydroxyl groups is 1. The zero-order valence-corrected chi connectivity index (χ0v) is 14.7. The van der Waals surface area contributed by atoms with E-state index < -0.39 is 11.9 Å². The Morgan fingerprint density at radius 3 is 2.23 bits per heavy atom. The van der Waals surface area contributed by atoms with Gasteiger partial charge in [-0.3, -0.25) is 10.2 Å². The minimum absolute atomic E-state index is 0.0403. The van der Waals surface area contributed by atoms with Crippen LogP contribution in [0.4, 0.5) is 10.5 Å². The zero-order valence-electron chi connectivity index (χ0n) is 13.2. The molecule has 0 aliphatic rings. The Kier molecular flexibility index (Phi) is 5.16. The third kappa shape index (κ3) is 3.99. The Labute approximate surface area is 158 Å². The Bertz CT molecular complexity index is 1010. The van der Waals surface area contributed by atoms with Crippen molar-refractivity contribution in [1.29, 1.82) is 0 Å². The molecular weight excluding hydrogens is 377 g/mol. The number of hydrogen-bond acceptors (Lipinski definition) is 3. The van der Waals surface area contributed by atoms with E-state index in [9.17, 15) is 14.7 Å². The van der Waals surface area contributed by atoms with E-state index in [1.807, 2.05) is 24.3 Å². The maximum absolute atomic E-state index is 12.2. The van der Waals surface area contributed by atoms with Crippen LogP contribution in [-0.4, -0.2) is 17.0 Å². The molecule has 0 saturated heterocycles. The van der Waals surface area contributed by atoms with E-state index in [0.29, 0.717) is 10.7 Å². The smallest absolute Gasteiger partial charge is 0.337 e. The number of phenolic OH excluding ortho intramolecular Hbond substituents is 1. The van der Waals surface area contributed by atoms with Gasteiger partial charge in [-0.25, -0.2) is 10.2 Å². The molecule has 0 heterocycles. The lowest BCUT2D eigenvalue weighted by Crippen LogP contribution is -2.43. The van der Waals surface area contributed by atoms with Crippen molar-refractivity contribution in [2.45, 2.75) is 0 Å². The molecule has 0 radical (unpaired) electrons. The lowest BCUT2D eigenvalue weighted by molar-refractivity contribution is 0.0935. The van der Waals surface area contributed by atoms with Crippen LogP contribution < -0.4 is 16.2 Å². The molecule has 26 heavy (non-hydrogen) atoms. The minimum Gasteiger partial charge on any atom is -0.507 e. The van der Waals surface area contributed by atoms with Crippen LogP contribution in [0, 0.1) is 0 Å². The second kappa shape index (κ2) is 7.51. The van der Waals surface area contributed by atoms with Crippen LogP contribution in [0.15, 0.2) is 54.6 Å². The number of urea groups is 1. The summed E-state index contributed by atoms with van der Waals surface area (Å²) < 4.78 is 0. The van der Waals surface area contributed by atoms with Crippen molar-refractivity contribution in [3.8, 4) is 5.75 Å². The molecule has 132 valence electrons. The van der Waals surface area contributed by atoms with Crippen LogP contribution in [0.25, 0.3) is 10.8 Å². The molecule has 6 nitrogen and oxygen atoms in total. The first-order valence-electron chi connectivity index (χ1n) is 7.48. The fraction of sp³-hybridized carbons (Fsp3) is 0. The normalized spacial score (nSPS) is 10.4. The van der Waals surface area contributed by atoms with Crippen LogP contribution in [-0.2, 0) is 0 Å². The number of amides is 3. The first kappa shape index (κ1) is 17.8. The van der Waals surface area contributed by atoms with Gasteiger partial charge in [0.1, 0.15) is 5.75 Å². The fourth-order valence-corrected chi connectivity index (χ4v) is 2.63. The molecule has 0 fully saturated rings. The van der Waals surface area contributed by atoms with Gasteiger partial charge in [-0.2, -0.15) is 0 Å². The fourth-order valence-electron chi connectivity index (χ4n) is 2.33. The Hall–Kier alpha value is -2.96. The molecule has 0 atom stereocenters. The largest absolute Gasteiger partial charge is 0.507 e. The maximum Gasteiger partial charge on any atom is 0.337 e. The molecule has 0 aromatic heterocycles. The van der Waals surface area contributed by atoms with E-state index in [0.717, 1.165) is 10.8 Å². The van der Waals surface area contributed by atoms with E-state index in [1.54, 1.807) is 12.1 Å². The average molecular weight is 390 g/mol. The van der Waals surface area contributed by atoms with Crippen LogP contribution in [0.2, 0.25) is 10.0 Å². The van der Waals surface area contributed by atoms with E-state index in [1.165, 1.54) is 18.2 Å². The molecule has 3 rings (SSSR count). The molecule has 3 amide bonds. The van der Waals surface area contributed by atoms with Crippen LogP contribution in [0.5, 0.6) is 5.75 Å². The second-order valence-corrected chi connectivity index (χ2v) is 6.19. The number of halogens is 2. The summed E-state index contributed by atoms with van der Waals surface area (Å²) in [5.74, 6) is -0.842. The Morgan fingerprint density at radius 2 is 1.54 bits per heavy atom. The van der Waals surface area contributed by atoms with E-state index in [2.05, 4.69) is 16.2 Å². The molecule has 0 saturated carbocycles. The van der Waals surface area contributed by atoms with Crippen molar-refractivity contribution < 1.29 is 14.7 Å². The third-order valence-corrected chi connectivity index (χ3v) is 4.31. The highest BCUT2D eigenvalue weighted by Crippen LogP contribution is 2.25. The summed E-state index contributed by atoms with van der Waals surface area (Å²) in [6, 6.07) is 14.2. The van der Waals surface area contributed by atoms with Gasteiger partial charge in [0.05, 0.1) is 15.6 Å². The maximum atomic E-state index is 12.2. The number of carbonyl (C=O) groups excluding carboxylic acids is 2. The first-order chi connectivity index (χ1) is 12.4. The first-order valence-corrected chi connectivity index (χ1v) is 8.24. The Morgan fingerprint density at radius 1 is 0.846 bits per heavy atom. The lowest BCUT2D eigenvalue weighted by atomic mass is 10.1. The number of hydrazine groups is 1. The zero-order chi connectivity index (χ0) is 18.7. The molecular formula is C18H13Cl2N3O3. The highest BCUT2D eigenvalue weighted by Gasteiger charge is 2.13. The number of hydrogen-bond donors (Lipinski definition) is 4. The topological polar surface area (TPSA) is 90.5 Å². The van der Waals surface area contributed by atoms with Gasteiger partial charge < -0.3 is 10.4 Å². The molecule has 0 spiro atoms.